The van der Waals surface area contributed by atoms with Crippen LogP contribution in [0.2, 0.25) is 5.02 Å². The second-order valence-electron chi connectivity index (χ2n) is 5.16. The summed E-state index contributed by atoms with van der Waals surface area (Å²) in [5.74, 6) is -0.407. The minimum atomic E-state index is -0.407. The molecule has 0 saturated carbocycles. The van der Waals surface area contributed by atoms with Crippen LogP contribution in [0.25, 0.3) is 0 Å². The zero-order chi connectivity index (χ0) is 11.9. The van der Waals surface area contributed by atoms with Gasteiger partial charge in [-0.2, -0.15) is 0 Å². The molecule has 1 aromatic carbocycles. The van der Waals surface area contributed by atoms with E-state index in [1.54, 1.807) is 0 Å². The predicted octanol–water partition coefficient (Wildman–Crippen LogP) is 3.30. The summed E-state index contributed by atoms with van der Waals surface area (Å²) in [5.41, 5.74) is 7.43. The topological polar surface area (TPSA) is 29.3 Å². The molecule has 0 amide bonds. The first-order valence-electron chi connectivity index (χ1n) is 5.38. The smallest absolute Gasteiger partial charge is 0.144 e. The summed E-state index contributed by atoms with van der Waals surface area (Å²) in [7, 11) is 0. The van der Waals surface area contributed by atoms with Crippen LogP contribution < -0.4 is 10.6 Å². The van der Waals surface area contributed by atoms with Crippen LogP contribution in [0.1, 0.15) is 20.3 Å². The van der Waals surface area contributed by atoms with Crippen LogP contribution in [0.4, 0.5) is 15.8 Å². The van der Waals surface area contributed by atoms with Crippen molar-refractivity contribution in [1.29, 1.82) is 0 Å². The van der Waals surface area contributed by atoms with E-state index in [0.717, 1.165) is 25.2 Å². The molecule has 2 N–H and O–H groups in total. The Hall–Kier alpha value is -0.960. The average Bonchev–Trinajstić information content (AvgIpc) is 2.52. The fraction of sp³-hybridized carbons (Fsp3) is 0.500. The fourth-order valence-electron chi connectivity index (χ4n) is 2.14. The molecule has 4 heteroatoms. The molecule has 0 radical (unpaired) electrons. The molecule has 0 aliphatic carbocycles. The third-order valence-corrected chi connectivity index (χ3v) is 3.38. The predicted molar refractivity (Wildman–Crippen MR) is 66.4 cm³/mol. The monoisotopic (exact) mass is 242 g/mol. The molecule has 1 aliphatic rings. The molecule has 0 unspecified atom stereocenters. The van der Waals surface area contributed by atoms with Gasteiger partial charge in [0.15, 0.2) is 0 Å². The summed E-state index contributed by atoms with van der Waals surface area (Å²) in [5, 5.41) is 0.0831. The standard InChI is InChI=1S/C12H16ClFN2/c1-12(2)3-4-16(7-12)11-6-9(14)8(13)5-10(11)15/h5-6H,3-4,7,15H2,1-2H3. The Morgan fingerprint density at radius 3 is 2.69 bits per heavy atom. The van der Waals surface area contributed by atoms with Gasteiger partial charge in [-0.15, -0.1) is 0 Å². The molecule has 1 aliphatic heterocycles. The summed E-state index contributed by atoms with van der Waals surface area (Å²) in [6, 6.07) is 2.91. The van der Waals surface area contributed by atoms with Gasteiger partial charge in [-0.25, -0.2) is 4.39 Å². The summed E-state index contributed by atoms with van der Waals surface area (Å²) in [6.07, 6.45) is 1.09. The highest BCUT2D eigenvalue weighted by Crippen LogP contribution is 2.36. The number of anilines is 2. The summed E-state index contributed by atoms with van der Waals surface area (Å²) < 4.78 is 13.4. The van der Waals surface area contributed by atoms with Gasteiger partial charge in [-0.3, -0.25) is 0 Å². The van der Waals surface area contributed by atoms with Crippen LogP contribution in [-0.2, 0) is 0 Å². The normalized spacial score (nSPS) is 19.1. The highest BCUT2D eigenvalue weighted by molar-refractivity contribution is 6.31. The number of hydrogen-bond acceptors (Lipinski definition) is 2. The quantitative estimate of drug-likeness (QED) is 0.766. The molecular formula is C12H16ClFN2. The van der Waals surface area contributed by atoms with Gasteiger partial charge < -0.3 is 10.6 Å². The second kappa shape index (κ2) is 3.81. The van der Waals surface area contributed by atoms with Crippen LogP contribution >= 0.6 is 11.6 Å². The molecule has 0 atom stereocenters. The van der Waals surface area contributed by atoms with Crippen LogP contribution in [-0.4, -0.2) is 13.1 Å². The van der Waals surface area contributed by atoms with Crippen molar-refractivity contribution in [1.82, 2.24) is 0 Å². The number of nitrogen functional groups attached to an aromatic ring is 1. The van der Waals surface area contributed by atoms with Crippen molar-refractivity contribution in [3.05, 3.63) is 23.0 Å². The zero-order valence-electron chi connectivity index (χ0n) is 9.56. The van der Waals surface area contributed by atoms with E-state index in [2.05, 4.69) is 18.7 Å². The lowest BCUT2D eigenvalue weighted by Crippen LogP contribution is -2.23. The highest BCUT2D eigenvalue weighted by Gasteiger charge is 2.30. The maximum absolute atomic E-state index is 13.4. The first-order valence-corrected chi connectivity index (χ1v) is 5.76. The maximum atomic E-state index is 13.4. The molecule has 0 bridgehead atoms. The van der Waals surface area contributed by atoms with Crippen LogP contribution in [0.5, 0.6) is 0 Å². The molecule has 2 nitrogen and oxygen atoms in total. The first-order chi connectivity index (χ1) is 7.39. The lowest BCUT2D eigenvalue weighted by atomic mass is 9.93. The molecule has 1 fully saturated rings. The summed E-state index contributed by atoms with van der Waals surface area (Å²) in [6.45, 7) is 6.22. The third-order valence-electron chi connectivity index (χ3n) is 3.09. The Balaban J connectivity index is 2.32. The largest absolute Gasteiger partial charge is 0.397 e. The van der Waals surface area contributed by atoms with Gasteiger partial charge in [-0.05, 0) is 17.9 Å². The van der Waals surface area contributed by atoms with Gasteiger partial charge >= 0.3 is 0 Å². The van der Waals surface area contributed by atoms with Crippen molar-refractivity contribution in [2.24, 2.45) is 5.41 Å². The van der Waals surface area contributed by atoms with Crippen molar-refractivity contribution in [2.45, 2.75) is 20.3 Å². The molecule has 0 spiro atoms. The Labute approximate surface area is 100 Å². The first kappa shape index (κ1) is 11.5. The molecule has 1 heterocycles. The second-order valence-corrected chi connectivity index (χ2v) is 5.57. The number of nitrogens with zero attached hydrogens (tertiary/aromatic N) is 1. The van der Waals surface area contributed by atoms with E-state index < -0.39 is 5.82 Å². The maximum Gasteiger partial charge on any atom is 0.144 e. The number of hydrogen-bond donors (Lipinski definition) is 1. The fourth-order valence-corrected chi connectivity index (χ4v) is 2.32. The van der Waals surface area contributed by atoms with E-state index in [-0.39, 0.29) is 10.4 Å². The van der Waals surface area contributed by atoms with E-state index in [0.29, 0.717) is 5.69 Å². The zero-order valence-corrected chi connectivity index (χ0v) is 10.3. The number of rotatable bonds is 1. The van der Waals surface area contributed by atoms with E-state index in [4.69, 9.17) is 17.3 Å². The van der Waals surface area contributed by atoms with Crippen molar-refractivity contribution >= 4 is 23.0 Å². The van der Waals surface area contributed by atoms with Gasteiger partial charge in [0.05, 0.1) is 16.4 Å². The van der Waals surface area contributed by atoms with Crippen molar-refractivity contribution in [3.8, 4) is 0 Å². The van der Waals surface area contributed by atoms with Crippen LogP contribution in [0.15, 0.2) is 12.1 Å². The summed E-state index contributed by atoms with van der Waals surface area (Å²) >= 11 is 5.68. The van der Waals surface area contributed by atoms with Crippen LogP contribution in [0, 0.1) is 11.2 Å². The Kier molecular flexibility index (Phi) is 2.74. The highest BCUT2D eigenvalue weighted by atomic mass is 35.5. The molecule has 0 aromatic heterocycles. The van der Waals surface area contributed by atoms with Gasteiger partial charge in [0, 0.05) is 19.2 Å². The van der Waals surface area contributed by atoms with E-state index in [9.17, 15) is 4.39 Å². The SMILES string of the molecule is CC1(C)CCN(c2cc(F)c(Cl)cc2N)C1. The van der Waals surface area contributed by atoms with Gasteiger partial charge in [0.2, 0.25) is 0 Å². The molecule has 1 aromatic rings. The molecular weight excluding hydrogens is 227 g/mol. The average molecular weight is 243 g/mol. The Bertz CT molecular complexity index is 418. The van der Waals surface area contributed by atoms with Crippen LogP contribution in [0.3, 0.4) is 0 Å². The van der Waals surface area contributed by atoms with Crippen molar-refractivity contribution in [3.63, 3.8) is 0 Å². The summed E-state index contributed by atoms with van der Waals surface area (Å²) in [4.78, 5) is 2.12. The Morgan fingerprint density at radius 1 is 1.44 bits per heavy atom. The van der Waals surface area contributed by atoms with Crippen molar-refractivity contribution < 1.29 is 4.39 Å². The van der Waals surface area contributed by atoms with Gasteiger partial charge in [-0.1, -0.05) is 25.4 Å². The number of benzene rings is 1. The molecule has 1 saturated heterocycles. The minimum Gasteiger partial charge on any atom is -0.397 e. The molecule has 2 rings (SSSR count). The van der Waals surface area contributed by atoms with Gasteiger partial charge in [0.25, 0.3) is 0 Å². The minimum absolute atomic E-state index is 0.0831. The number of nitrogens with two attached hydrogens (primary N) is 1. The van der Waals surface area contributed by atoms with E-state index in [1.165, 1.54) is 12.1 Å². The van der Waals surface area contributed by atoms with Crippen molar-refractivity contribution in [2.75, 3.05) is 23.7 Å². The van der Waals surface area contributed by atoms with E-state index in [1.807, 2.05) is 0 Å². The third kappa shape index (κ3) is 2.09. The van der Waals surface area contributed by atoms with E-state index >= 15 is 0 Å². The molecule has 16 heavy (non-hydrogen) atoms. The lowest BCUT2D eigenvalue weighted by molar-refractivity contribution is 0.418. The number of halogens is 2. The lowest BCUT2D eigenvalue weighted by Gasteiger charge is -2.23. The Morgan fingerprint density at radius 2 is 2.12 bits per heavy atom. The molecule has 88 valence electrons. The van der Waals surface area contributed by atoms with Gasteiger partial charge in [0.1, 0.15) is 5.82 Å².